The molecule has 1 aromatic carbocycles. The Kier molecular flexibility index (Phi) is 4.04. The minimum absolute atomic E-state index is 0.158. The van der Waals surface area contributed by atoms with Crippen molar-refractivity contribution >= 4 is 0 Å². The van der Waals surface area contributed by atoms with E-state index < -0.39 is 6.61 Å². The van der Waals surface area contributed by atoms with E-state index in [2.05, 4.69) is 4.74 Å². The second-order valence-electron chi connectivity index (χ2n) is 3.15. The molecular formula is C11H11F2NO. The smallest absolute Gasteiger partial charge is 0.387 e. The molecule has 15 heavy (non-hydrogen) atoms. The molecule has 0 aromatic heterocycles. The van der Waals surface area contributed by atoms with Gasteiger partial charge in [-0.25, -0.2) is 0 Å². The second kappa shape index (κ2) is 5.30. The third-order valence-corrected chi connectivity index (χ3v) is 1.94. The zero-order valence-electron chi connectivity index (χ0n) is 8.34. The van der Waals surface area contributed by atoms with Crippen molar-refractivity contribution in [1.82, 2.24) is 0 Å². The number of rotatable bonds is 4. The monoisotopic (exact) mass is 211 g/mol. The van der Waals surface area contributed by atoms with E-state index in [9.17, 15) is 8.78 Å². The lowest BCUT2D eigenvalue weighted by molar-refractivity contribution is -0.0504. The van der Waals surface area contributed by atoms with Gasteiger partial charge in [0, 0.05) is 6.42 Å². The average Bonchev–Trinajstić information content (AvgIpc) is 2.18. The molecule has 1 rings (SSSR count). The minimum Gasteiger partial charge on any atom is -0.435 e. The maximum atomic E-state index is 12.0. The van der Waals surface area contributed by atoms with Gasteiger partial charge in [0.05, 0.1) is 6.07 Å². The summed E-state index contributed by atoms with van der Waals surface area (Å²) < 4.78 is 28.4. The minimum atomic E-state index is -2.83. The quantitative estimate of drug-likeness (QED) is 0.766. The van der Waals surface area contributed by atoms with Gasteiger partial charge in [-0.05, 0) is 25.0 Å². The molecule has 4 heteroatoms. The highest BCUT2D eigenvalue weighted by Crippen LogP contribution is 2.23. The number of nitriles is 1. The summed E-state index contributed by atoms with van der Waals surface area (Å²) in [5, 5.41) is 8.43. The Labute approximate surface area is 87.1 Å². The number of nitrogens with zero attached hydrogens (tertiary/aromatic N) is 1. The number of aryl methyl sites for hydroxylation is 2. The third-order valence-electron chi connectivity index (χ3n) is 1.94. The summed E-state index contributed by atoms with van der Waals surface area (Å²) in [7, 11) is 0. The highest BCUT2D eigenvalue weighted by Gasteiger charge is 2.09. The number of halogens is 2. The fraction of sp³-hybridized carbons (Fsp3) is 0.364. The molecule has 0 bridgehead atoms. The van der Waals surface area contributed by atoms with E-state index in [1.165, 1.54) is 6.07 Å². The third kappa shape index (κ3) is 3.55. The molecule has 0 fully saturated rings. The molecule has 0 heterocycles. The van der Waals surface area contributed by atoms with Crippen LogP contribution in [0.15, 0.2) is 18.2 Å². The van der Waals surface area contributed by atoms with E-state index in [0.29, 0.717) is 18.4 Å². The fourth-order valence-electron chi connectivity index (χ4n) is 1.31. The molecule has 0 radical (unpaired) electrons. The van der Waals surface area contributed by atoms with Crippen LogP contribution in [-0.2, 0) is 6.42 Å². The predicted molar refractivity (Wildman–Crippen MR) is 51.7 cm³/mol. The lowest BCUT2D eigenvalue weighted by Gasteiger charge is -2.10. The summed E-state index contributed by atoms with van der Waals surface area (Å²) in [5.41, 5.74) is 1.61. The summed E-state index contributed by atoms with van der Waals surface area (Å²) >= 11 is 0. The molecule has 0 N–H and O–H groups in total. The first-order valence-corrected chi connectivity index (χ1v) is 4.55. The SMILES string of the molecule is Cc1ccc(OC(F)F)c(CCC#N)c1. The molecule has 0 saturated carbocycles. The normalized spacial score (nSPS) is 10.1. The highest BCUT2D eigenvalue weighted by molar-refractivity contribution is 5.37. The molecule has 0 unspecified atom stereocenters. The van der Waals surface area contributed by atoms with Crippen molar-refractivity contribution in [2.24, 2.45) is 0 Å². The molecule has 80 valence electrons. The molecule has 0 aliphatic carbocycles. The van der Waals surface area contributed by atoms with Gasteiger partial charge in [0.2, 0.25) is 0 Å². The second-order valence-corrected chi connectivity index (χ2v) is 3.15. The van der Waals surface area contributed by atoms with Gasteiger partial charge in [-0.3, -0.25) is 0 Å². The van der Waals surface area contributed by atoms with Crippen LogP contribution < -0.4 is 4.74 Å². The first-order chi connectivity index (χ1) is 7.13. The van der Waals surface area contributed by atoms with E-state index in [-0.39, 0.29) is 5.75 Å². The van der Waals surface area contributed by atoms with Crippen molar-refractivity contribution in [2.45, 2.75) is 26.4 Å². The van der Waals surface area contributed by atoms with E-state index in [0.717, 1.165) is 5.56 Å². The van der Waals surface area contributed by atoms with Crippen LogP contribution in [0.5, 0.6) is 5.75 Å². The van der Waals surface area contributed by atoms with Crippen molar-refractivity contribution in [3.05, 3.63) is 29.3 Å². The number of hydrogen-bond acceptors (Lipinski definition) is 2. The van der Waals surface area contributed by atoms with Crippen LogP contribution in [0.2, 0.25) is 0 Å². The van der Waals surface area contributed by atoms with Gasteiger partial charge >= 0.3 is 6.61 Å². The summed E-state index contributed by atoms with van der Waals surface area (Å²) in [4.78, 5) is 0. The summed E-state index contributed by atoms with van der Waals surface area (Å²) in [6, 6.07) is 6.94. The molecule has 0 amide bonds. The fourth-order valence-corrected chi connectivity index (χ4v) is 1.31. The van der Waals surface area contributed by atoms with Crippen molar-refractivity contribution in [2.75, 3.05) is 0 Å². The van der Waals surface area contributed by atoms with Crippen LogP contribution in [0.4, 0.5) is 8.78 Å². The van der Waals surface area contributed by atoms with Crippen molar-refractivity contribution in [3.63, 3.8) is 0 Å². The molecule has 1 aromatic rings. The van der Waals surface area contributed by atoms with Gasteiger partial charge in [0.1, 0.15) is 5.75 Å². The lowest BCUT2D eigenvalue weighted by atomic mass is 10.1. The lowest BCUT2D eigenvalue weighted by Crippen LogP contribution is -2.04. The van der Waals surface area contributed by atoms with Crippen LogP contribution in [0.25, 0.3) is 0 Å². The largest absolute Gasteiger partial charge is 0.435 e. The Morgan fingerprint density at radius 3 is 2.80 bits per heavy atom. The Bertz CT molecular complexity index is 371. The first-order valence-electron chi connectivity index (χ1n) is 4.55. The number of ether oxygens (including phenoxy) is 1. The van der Waals surface area contributed by atoms with E-state index in [1.54, 1.807) is 12.1 Å². The maximum Gasteiger partial charge on any atom is 0.387 e. The number of hydrogen-bond donors (Lipinski definition) is 0. The van der Waals surface area contributed by atoms with Gasteiger partial charge in [-0.15, -0.1) is 0 Å². The molecule has 0 aliphatic rings. The van der Waals surface area contributed by atoms with E-state index >= 15 is 0 Å². The van der Waals surface area contributed by atoms with Gasteiger partial charge in [0.15, 0.2) is 0 Å². The molecule has 0 atom stereocenters. The van der Waals surface area contributed by atoms with Gasteiger partial charge in [-0.1, -0.05) is 17.7 Å². The van der Waals surface area contributed by atoms with Gasteiger partial charge in [-0.2, -0.15) is 14.0 Å². The Hall–Kier alpha value is -1.63. The van der Waals surface area contributed by atoms with E-state index in [1.807, 2.05) is 13.0 Å². The Balaban J connectivity index is 2.88. The Morgan fingerprint density at radius 2 is 2.20 bits per heavy atom. The van der Waals surface area contributed by atoms with Crippen LogP contribution in [0, 0.1) is 18.3 Å². The van der Waals surface area contributed by atoms with Crippen LogP contribution in [0.3, 0.4) is 0 Å². The number of alkyl halides is 2. The molecule has 2 nitrogen and oxygen atoms in total. The molecule has 0 spiro atoms. The van der Waals surface area contributed by atoms with Crippen LogP contribution in [-0.4, -0.2) is 6.61 Å². The van der Waals surface area contributed by atoms with Crippen molar-refractivity contribution in [1.29, 1.82) is 5.26 Å². The average molecular weight is 211 g/mol. The molecule has 0 saturated heterocycles. The van der Waals surface area contributed by atoms with E-state index in [4.69, 9.17) is 5.26 Å². The summed E-state index contributed by atoms with van der Waals surface area (Å²) in [6.07, 6.45) is 0.725. The first kappa shape index (κ1) is 11.4. The van der Waals surface area contributed by atoms with Crippen LogP contribution in [0.1, 0.15) is 17.5 Å². The summed E-state index contributed by atoms with van der Waals surface area (Å²) in [6.45, 7) is -0.962. The zero-order chi connectivity index (χ0) is 11.3. The maximum absolute atomic E-state index is 12.0. The Morgan fingerprint density at radius 1 is 1.47 bits per heavy atom. The highest BCUT2D eigenvalue weighted by atomic mass is 19.3. The number of benzene rings is 1. The standard InChI is InChI=1S/C11H11F2NO/c1-8-4-5-10(15-11(12)13)9(7-8)3-2-6-14/h4-5,7,11H,2-3H2,1H3. The predicted octanol–water partition coefficient (Wildman–Crippen LogP) is 3.05. The molecule has 0 aliphatic heterocycles. The molecular weight excluding hydrogens is 200 g/mol. The van der Waals surface area contributed by atoms with Gasteiger partial charge in [0.25, 0.3) is 0 Å². The zero-order valence-corrected chi connectivity index (χ0v) is 8.34. The topological polar surface area (TPSA) is 33.0 Å². The van der Waals surface area contributed by atoms with Crippen molar-refractivity contribution < 1.29 is 13.5 Å². The van der Waals surface area contributed by atoms with Crippen LogP contribution >= 0.6 is 0 Å². The van der Waals surface area contributed by atoms with Gasteiger partial charge < -0.3 is 4.74 Å². The summed E-state index contributed by atoms with van der Waals surface area (Å²) in [5.74, 6) is 0.158. The van der Waals surface area contributed by atoms with Crippen molar-refractivity contribution in [3.8, 4) is 11.8 Å².